The van der Waals surface area contributed by atoms with Gasteiger partial charge in [-0.1, -0.05) is 18.2 Å². The normalized spacial score (nSPS) is 11.4. The van der Waals surface area contributed by atoms with Crippen molar-refractivity contribution in [1.29, 1.82) is 0 Å². The molecule has 3 aromatic rings. The fourth-order valence-electron chi connectivity index (χ4n) is 2.67. The molecule has 1 amide bonds. The number of anilines is 1. The zero-order valence-corrected chi connectivity index (χ0v) is 16.5. The number of para-hydroxylation sites is 2. The summed E-state index contributed by atoms with van der Waals surface area (Å²) in [5, 5.41) is 6.98. The molecule has 0 unspecified atom stereocenters. The van der Waals surface area contributed by atoms with Gasteiger partial charge < -0.3 is 5.32 Å². The predicted octanol–water partition coefficient (Wildman–Crippen LogP) is 2.80. The second-order valence-electron chi connectivity index (χ2n) is 6.41. The lowest BCUT2D eigenvalue weighted by Crippen LogP contribution is -2.28. The van der Waals surface area contributed by atoms with Crippen LogP contribution in [0.15, 0.2) is 65.8 Å². The highest BCUT2D eigenvalue weighted by Crippen LogP contribution is 2.19. The molecule has 0 aliphatic rings. The molecule has 2 aromatic carbocycles. The molecule has 7 nitrogen and oxygen atoms in total. The van der Waals surface area contributed by atoms with Gasteiger partial charge in [-0.05, 0) is 55.3 Å². The van der Waals surface area contributed by atoms with Gasteiger partial charge in [0.05, 0.1) is 16.3 Å². The van der Waals surface area contributed by atoms with Gasteiger partial charge in [-0.25, -0.2) is 17.8 Å². The maximum Gasteiger partial charge on any atom is 0.240 e. The number of benzene rings is 2. The minimum atomic E-state index is -3.66. The summed E-state index contributed by atoms with van der Waals surface area (Å²) in [7, 11) is -3.66. The molecule has 3 rings (SSSR count). The Kier molecular flexibility index (Phi) is 5.91. The topological polar surface area (TPSA) is 93.1 Å². The zero-order chi connectivity index (χ0) is 20.1. The van der Waals surface area contributed by atoms with Crippen LogP contribution in [-0.4, -0.2) is 30.7 Å². The second kappa shape index (κ2) is 8.37. The number of sulfonamides is 1. The second-order valence-corrected chi connectivity index (χ2v) is 8.18. The molecule has 1 aromatic heterocycles. The van der Waals surface area contributed by atoms with E-state index in [0.717, 1.165) is 16.8 Å². The van der Waals surface area contributed by atoms with Crippen molar-refractivity contribution in [3.8, 4) is 5.69 Å². The SMILES string of the molecule is Cc1ccc(S(=O)(=O)NCCC(=O)Nc2ccccc2-n2cccn2)cc1C. The van der Waals surface area contributed by atoms with Crippen molar-refractivity contribution < 1.29 is 13.2 Å². The molecule has 0 saturated heterocycles. The number of rotatable bonds is 7. The van der Waals surface area contributed by atoms with Gasteiger partial charge in [-0.15, -0.1) is 0 Å². The highest BCUT2D eigenvalue weighted by Gasteiger charge is 2.15. The summed E-state index contributed by atoms with van der Waals surface area (Å²) in [5.74, 6) is -0.289. The molecule has 0 fully saturated rings. The molecule has 146 valence electrons. The molecule has 28 heavy (non-hydrogen) atoms. The van der Waals surface area contributed by atoms with Gasteiger partial charge in [0.25, 0.3) is 0 Å². The molecule has 0 spiro atoms. The average Bonchev–Trinajstić information content (AvgIpc) is 3.18. The van der Waals surface area contributed by atoms with E-state index in [1.54, 1.807) is 47.4 Å². The Morgan fingerprint density at radius 2 is 1.86 bits per heavy atom. The van der Waals surface area contributed by atoms with E-state index in [1.807, 2.05) is 32.0 Å². The van der Waals surface area contributed by atoms with Crippen LogP contribution in [0.1, 0.15) is 17.5 Å². The van der Waals surface area contributed by atoms with Crippen LogP contribution in [0.4, 0.5) is 5.69 Å². The largest absolute Gasteiger partial charge is 0.324 e. The van der Waals surface area contributed by atoms with Crippen LogP contribution in [0, 0.1) is 13.8 Å². The monoisotopic (exact) mass is 398 g/mol. The lowest BCUT2D eigenvalue weighted by Gasteiger charge is -2.12. The van der Waals surface area contributed by atoms with E-state index in [0.29, 0.717) is 5.69 Å². The molecule has 0 bridgehead atoms. The summed E-state index contributed by atoms with van der Waals surface area (Å²) in [6.45, 7) is 3.79. The fourth-order valence-corrected chi connectivity index (χ4v) is 3.78. The Morgan fingerprint density at radius 3 is 2.57 bits per heavy atom. The van der Waals surface area contributed by atoms with Crippen LogP contribution in [0.3, 0.4) is 0 Å². The predicted molar refractivity (Wildman–Crippen MR) is 108 cm³/mol. The van der Waals surface area contributed by atoms with Crippen molar-refractivity contribution in [2.45, 2.75) is 25.2 Å². The summed E-state index contributed by atoms with van der Waals surface area (Å²) in [4.78, 5) is 12.5. The highest BCUT2D eigenvalue weighted by atomic mass is 32.2. The Morgan fingerprint density at radius 1 is 1.07 bits per heavy atom. The third-order valence-electron chi connectivity index (χ3n) is 4.36. The number of nitrogens with zero attached hydrogens (tertiary/aromatic N) is 2. The molecule has 0 aliphatic carbocycles. The van der Waals surface area contributed by atoms with Crippen LogP contribution < -0.4 is 10.0 Å². The van der Waals surface area contributed by atoms with E-state index in [2.05, 4.69) is 15.1 Å². The number of nitrogens with one attached hydrogen (secondary N) is 2. The number of aryl methyl sites for hydroxylation is 2. The van der Waals surface area contributed by atoms with Crippen LogP contribution >= 0.6 is 0 Å². The molecule has 2 N–H and O–H groups in total. The van der Waals surface area contributed by atoms with Crippen molar-refractivity contribution in [1.82, 2.24) is 14.5 Å². The molecule has 0 radical (unpaired) electrons. The van der Waals surface area contributed by atoms with Gasteiger partial charge in [0.1, 0.15) is 0 Å². The van der Waals surface area contributed by atoms with Crippen molar-refractivity contribution in [3.63, 3.8) is 0 Å². The fraction of sp³-hybridized carbons (Fsp3) is 0.200. The molecule has 0 atom stereocenters. The molecule has 1 heterocycles. The maximum absolute atomic E-state index is 12.4. The van der Waals surface area contributed by atoms with E-state index < -0.39 is 10.0 Å². The van der Waals surface area contributed by atoms with Crippen molar-refractivity contribution in [2.75, 3.05) is 11.9 Å². The van der Waals surface area contributed by atoms with Gasteiger partial charge in [0, 0.05) is 25.4 Å². The van der Waals surface area contributed by atoms with Crippen LogP contribution in [-0.2, 0) is 14.8 Å². The first kappa shape index (κ1) is 19.8. The van der Waals surface area contributed by atoms with E-state index in [-0.39, 0.29) is 23.8 Å². The smallest absolute Gasteiger partial charge is 0.240 e. The first-order valence-electron chi connectivity index (χ1n) is 8.82. The minimum Gasteiger partial charge on any atom is -0.324 e. The minimum absolute atomic E-state index is 0.00499. The summed E-state index contributed by atoms with van der Waals surface area (Å²) in [6, 6.07) is 14.0. The number of aromatic nitrogens is 2. The molecular weight excluding hydrogens is 376 g/mol. The van der Waals surface area contributed by atoms with E-state index >= 15 is 0 Å². The van der Waals surface area contributed by atoms with Crippen molar-refractivity contribution in [3.05, 3.63) is 72.1 Å². The van der Waals surface area contributed by atoms with Crippen LogP contribution in [0.5, 0.6) is 0 Å². The zero-order valence-electron chi connectivity index (χ0n) is 15.7. The van der Waals surface area contributed by atoms with Crippen LogP contribution in [0.25, 0.3) is 5.69 Å². The van der Waals surface area contributed by atoms with E-state index in [1.165, 1.54) is 0 Å². The Labute approximate surface area is 164 Å². The summed E-state index contributed by atoms with van der Waals surface area (Å²) >= 11 is 0. The number of amides is 1. The summed E-state index contributed by atoms with van der Waals surface area (Å²) < 4.78 is 28.9. The summed E-state index contributed by atoms with van der Waals surface area (Å²) in [6.07, 6.45) is 3.44. The van der Waals surface area contributed by atoms with Gasteiger partial charge >= 0.3 is 0 Å². The number of carbonyl (C=O) groups is 1. The summed E-state index contributed by atoms with van der Waals surface area (Å²) in [5.41, 5.74) is 3.26. The highest BCUT2D eigenvalue weighted by molar-refractivity contribution is 7.89. The lowest BCUT2D eigenvalue weighted by atomic mass is 10.1. The van der Waals surface area contributed by atoms with Gasteiger partial charge in [0.15, 0.2) is 0 Å². The number of hydrogen-bond acceptors (Lipinski definition) is 4. The van der Waals surface area contributed by atoms with Crippen molar-refractivity contribution >= 4 is 21.6 Å². The van der Waals surface area contributed by atoms with Gasteiger partial charge in [-0.2, -0.15) is 5.10 Å². The third-order valence-corrected chi connectivity index (χ3v) is 5.82. The Bertz CT molecular complexity index is 1080. The van der Waals surface area contributed by atoms with E-state index in [4.69, 9.17) is 0 Å². The molecule has 8 heteroatoms. The van der Waals surface area contributed by atoms with Gasteiger partial charge in [0.2, 0.25) is 15.9 Å². The average molecular weight is 398 g/mol. The standard InChI is InChI=1S/C20H22N4O3S/c1-15-8-9-17(14-16(15)2)28(26,27)22-12-10-20(25)23-18-6-3-4-7-19(18)24-13-5-11-21-24/h3-9,11,13-14,22H,10,12H2,1-2H3,(H,23,25). The first-order valence-corrected chi connectivity index (χ1v) is 10.3. The Hall–Kier alpha value is -2.97. The number of hydrogen-bond donors (Lipinski definition) is 2. The molecule has 0 saturated carbocycles. The Balaban J connectivity index is 1.60. The number of carbonyl (C=O) groups excluding carboxylic acids is 1. The lowest BCUT2D eigenvalue weighted by molar-refractivity contribution is -0.116. The first-order chi connectivity index (χ1) is 13.4. The van der Waals surface area contributed by atoms with Gasteiger partial charge in [-0.3, -0.25) is 4.79 Å². The maximum atomic E-state index is 12.4. The molecular formula is C20H22N4O3S. The quantitative estimate of drug-likeness (QED) is 0.640. The molecule has 0 aliphatic heterocycles. The van der Waals surface area contributed by atoms with Crippen molar-refractivity contribution in [2.24, 2.45) is 0 Å². The van der Waals surface area contributed by atoms with Crippen LogP contribution in [0.2, 0.25) is 0 Å². The third kappa shape index (κ3) is 4.65. The van der Waals surface area contributed by atoms with E-state index in [9.17, 15) is 13.2 Å².